The predicted octanol–water partition coefficient (Wildman–Crippen LogP) is 4.50. The molecule has 0 aromatic heterocycles. The molecule has 2 aromatic carbocycles. The molecule has 0 unspecified atom stereocenters. The van der Waals surface area contributed by atoms with Gasteiger partial charge in [0.15, 0.2) is 17.4 Å². The Labute approximate surface area is 109 Å². The highest BCUT2D eigenvalue weighted by atomic mass is 19.4. The zero-order chi connectivity index (χ0) is 15.1. The molecule has 0 radical (unpaired) electrons. The summed E-state index contributed by atoms with van der Waals surface area (Å²) in [4.78, 5) is 0. The molecule has 2 aromatic rings. The van der Waals surface area contributed by atoms with Gasteiger partial charge in [-0.25, -0.2) is 8.78 Å². The Bertz CT molecular complexity index is 639. The fourth-order valence-corrected chi connectivity index (χ4v) is 1.70. The second-order valence-electron chi connectivity index (χ2n) is 3.96. The van der Waals surface area contributed by atoms with Crippen molar-refractivity contribution in [2.45, 2.75) is 6.18 Å². The number of benzene rings is 2. The van der Waals surface area contributed by atoms with E-state index >= 15 is 0 Å². The van der Waals surface area contributed by atoms with Crippen LogP contribution in [0.15, 0.2) is 30.3 Å². The first-order chi connectivity index (χ1) is 9.21. The van der Waals surface area contributed by atoms with Gasteiger partial charge in [-0.05, 0) is 23.8 Å². The van der Waals surface area contributed by atoms with E-state index in [9.17, 15) is 26.3 Å². The molecule has 1 N–H and O–H groups in total. The van der Waals surface area contributed by atoms with Crippen molar-refractivity contribution in [2.75, 3.05) is 0 Å². The summed E-state index contributed by atoms with van der Waals surface area (Å²) < 4.78 is 77.4. The first-order valence-electron chi connectivity index (χ1n) is 5.26. The maximum absolute atomic E-state index is 13.8. The molecule has 1 nitrogen and oxygen atoms in total. The summed E-state index contributed by atoms with van der Waals surface area (Å²) in [5.41, 5.74) is -2.52. The van der Waals surface area contributed by atoms with Crippen LogP contribution in [0.2, 0.25) is 0 Å². The Kier molecular flexibility index (Phi) is 3.37. The van der Waals surface area contributed by atoms with Crippen LogP contribution >= 0.6 is 0 Å². The SMILES string of the molecule is Oc1cc(-c2cccc(C(F)(F)F)c2F)cc(F)c1F. The molecular formula is C13H6F6O. The maximum atomic E-state index is 13.8. The largest absolute Gasteiger partial charge is 0.505 e. The summed E-state index contributed by atoms with van der Waals surface area (Å²) in [6, 6.07) is 3.58. The molecule has 0 heterocycles. The second kappa shape index (κ2) is 4.73. The summed E-state index contributed by atoms with van der Waals surface area (Å²) in [7, 11) is 0. The summed E-state index contributed by atoms with van der Waals surface area (Å²) >= 11 is 0. The quantitative estimate of drug-likeness (QED) is 0.767. The van der Waals surface area contributed by atoms with Gasteiger partial charge in [0.2, 0.25) is 0 Å². The molecule has 0 spiro atoms. The van der Waals surface area contributed by atoms with Crippen molar-refractivity contribution in [3.8, 4) is 16.9 Å². The van der Waals surface area contributed by atoms with E-state index in [1.807, 2.05) is 0 Å². The zero-order valence-corrected chi connectivity index (χ0v) is 9.60. The first kappa shape index (κ1) is 14.2. The summed E-state index contributed by atoms with van der Waals surface area (Å²) in [5.74, 6) is -5.78. The van der Waals surface area contributed by atoms with Gasteiger partial charge >= 0.3 is 6.18 Å². The number of hydrogen-bond donors (Lipinski definition) is 1. The second-order valence-corrected chi connectivity index (χ2v) is 3.96. The lowest BCUT2D eigenvalue weighted by Crippen LogP contribution is -2.08. The summed E-state index contributed by atoms with van der Waals surface area (Å²) in [6.45, 7) is 0. The molecule has 0 fully saturated rings. The Morgan fingerprint density at radius 1 is 0.900 bits per heavy atom. The Balaban J connectivity index is 2.66. The van der Waals surface area contributed by atoms with Crippen molar-refractivity contribution >= 4 is 0 Å². The van der Waals surface area contributed by atoms with E-state index < -0.39 is 46.1 Å². The number of phenols is 1. The lowest BCUT2D eigenvalue weighted by molar-refractivity contribution is -0.139. The number of rotatable bonds is 1. The third kappa shape index (κ3) is 2.43. The molecule has 0 aliphatic heterocycles. The van der Waals surface area contributed by atoms with Gasteiger partial charge in [0.1, 0.15) is 5.82 Å². The first-order valence-corrected chi connectivity index (χ1v) is 5.26. The monoisotopic (exact) mass is 292 g/mol. The number of halogens is 6. The lowest BCUT2D eigenvalue weighted by Gasteiger charge is -2.11. The molecule has 0 aliphatic rings. The van der Waals surface area contributed by atoms with E-state index in [0.29, 0.717) is 18.2 Å². The lowest BCUT2D eigenvalue weighted by atomic mass is 10.0. The highest BCUT2D eigenvalue weighted by Gasteiger charge is 2.35. The molecular weight excluding hydrogens is 286 g/mol. The van der Waals surface area contributed by atoms with Crippen LogP contribution in [0.3, 0.4) is 0 Å². The highest BCUT2D eigenvalue weighted by molar-refractivity contribution is 5.67. The van der Waals surface area contributed by atoms with Crippen molar-refractivity contribution in [1.82, 2.24) is 0 Å². The number of aromatic hydroxyl groups is 1. The van der Waals surface area contributed by atoms with Crippen molar-refractivity contribution in [3.63, 3.8) is 0 Å². The van der Waals surface area contributed by atoms with Crippen LogP contribution in [0.1, 0.15) is 5.56 Å². The topological polar surface area (TPSA) is 20.2 Å². The van der Waals surface area contributed by atoms with E-state index in [-0.39, 0.29) is 0 Å². The Hall–Kier alpha value is -2.18. The average Bonchev–Trinajstić information content (AvgIpc) is 2.34. The van der Waals surface area contributed by atoms with Gasteiger partial charge in [-0.15, -0.1) is 0 Å². The van der Waals surface area contributed by atoms with E-state index in [1.54, 1.807) is 0 Å². The normalized spacial score (nSPS) is 11.7. The summed E-state index contributed by atoms with van der Waals surface area (Å²) in [6.07, 6.45) is -4.92. The van der Waals surface area contributed by atoms with Crippen LogP contribution < -0.4 is 0 Å². The third-order valence-corrected chi connectivity index (χ3v) is 2.62. The standard InChI is InChI=1S/C13H6F6O/c14-9-4-6(5-10(20)12(9)16)7-2-1-3-8(11(7)15)13(17,18)19/h1-5,20H. The fourth-order valence-electron chi connectivity index (χ4n) is 1.70. The zero-order valence-electron chi connectivity index (χ0n) is 9.60. The molecule has 106 valence electrons. The Morgan fingerprint density at radius 3 is 2.10 bits per heavy atom. The maximum Gasteiger partial charge on any atom is 0.419 e. The van der Waals surface area contributed by atoms with Crippen LogP contribution in [0.5, 0.6) is 5.75 Å². The third-order valence-electron chi connectivity index (χ3n) is 2.62. The van der Waals surface area contributed by atoms with Gasteiger partial charge in [0.05, 0.1) is 5.56 Å². The van der Waals surface area contributed by atoms with E-state index in [1.165, 1.54) is 0 Å². The average molecular weight is 292 g/mol. The number of hydrogen-bond acceptors (Lipinski definition) is 1. The number of alkyl halides is 3. The van der Waals surface area contributed by atoms with E-state index in [2.05, 4.69) is 0 Å². The van der Waals surface area contributed by atoms with Crippen LogP contribution in [-0.4, -0.2) is 5.11 Å². The van der Waals surface area contributed by atoms with Gasteiger partial charge in [0, 0.05) is 5.56 Å². The van der Waals surface area contributed by atoms with E-state index in [4.69, 9.17) is 5.11 Å². The van der Waals surface area contributed by atoms with Crippen molar-refractivity contribution < 1.29 is 31.4 Å². The minimum absolute atomic E-state index is 0.398. The van der Waals surface area contributed by atoms with Crippen molar-refractivity contribution in [3.05, 3.63) is 53.3 Å². The van der Waals surface area contributed by atoms with Crippen molar-refractivity contribution in [1.29, 1.82) is 0 Å². The molecule has 7 heteroatoms. The van der Waals surface area contributed by atoms with E-state index in [0.717, 1.165) is 12.1 Å². The molecule has 20 heavy (non-hydrogen) atoms. The fraction of sp³-hybridized carbons (Fsp3) is 0.0769. The molecule has 0 saturated carbocycles. The molecule has 0 saturated heterocycles. The Morgan fingerprint density at radius 2 is 1.55 bits per heavy atom. The molecule has 0 amide bonds. The molecule has 0 atom stereocenters. The highest BCUT2D eigenvalue weighted by Crippen LogP contribution is 2.36. The van der Waals surface area contributed by atoms with Gasteiger partial charge < -0.3 is 5.11 Å². The van der Waals surface area contributed by atoms with Gasteiger partial charge in [0.25, 0.3) is 0 Å². The van der Waals surface area contributed by atoms with Crippen LogP contribution in [-0.2, 0) is 6.18 Å². The van der Waals surface area contributed by atoms with Gasteiger partial charge in [-0.3, -0.25) is 0 Å². The molecule has 0 aliphatic carbocycles. The van der Waals surface area contributed by atoms with Gasteiger partial charge in [-0.1, -0.05) is 12.1 Å². The minimum atomic E-state index is -4.92. The molecule has 0 bridgehead atoms. The van der Waals surface area contributed by atoms with Crippen LogP contribution in [0, 0.1) is 17.5 Å². The predicted molar refractivity (Wildman–Crippen MR) is 58.4 cm³/mol. The smallest absolute Gasteiger partial charge is 0.419 e. The summed E-state index contributed by atoms with van der Waals surface area (Å²) in [5, 5.41) is 9.10. The van der Waals surface area contributed by atoms with Crippen LogP contribution in [0.25, 0.3) is 11.1 Å². The van der Waals surface area contributed by atoms with Crippen LogP contribution in [0.4, 0.5) is 26.3 Å². The minimum Gasteiger partial charge on any atom is -0.505 e. The van der Waals surface area contributed by atoms with Gasteiger partial charge in [-0.2, -0.15) is 17.6 Å². The van der Waals surface area contributed by atoms with Crippen molar-refractivity contribution in [2.24, 2.45) is 0 Å². The number of phenolic OH excluding ortho intramolecular Hbond substituents is 1. The molecule has 2 rings (SSSR count).